The van der Waals surface area contributed by atoms with Crippen LogP contribution in [0.3, 0.4) is 0 Å². The minimum absolute atomic E-state index is 0.0660. The van der Waals surface area contributed by atoms with E-state index in [0.29, 0.717) is 6.42 Å². The smallest absolute Gasteiger partial charge is 0.164 e. The number of ether oxygens (including phenoxy) is 2. The highest BCUT2D eigenvalue weighted by molar-refractivity contribution is 5.06. The molecule has 0 saturated carbocycles. The minimum Gasteiger partial charge on any atom is -0.390 e. The minimum atomic E-state index is -0.551. The molecule has 1 aliphatic carbocycles. The van der Waals surface area contributed by atoms with Gasteiger partial charge in [-0.3, -0.25) is 0 Å². The second kappa shape index (κ2) is 2.55. The molecule has 3 heteroatoms. The Balaban J connectivity index is 2.17. The monoisotopic (exact) mass is 170 g/mol. The summed E-state index contributed by atoms with van der Waals surface area (Å²) in [4.78, 5) is 0. The number of fused-ring (bicyclic) bond motifs is 1. The summed E-state index contributed by atoms with van der Waals surface area (Å²) < 4.78 is 11.1. The first kappa shape index (κ1) is 8.23. The third-order valence-electron chi connectivity index (χ3n) is 2.25. The van der Waals surface area contributed by atoms with Gasteiger partial charge in [0.25, 0.3) is 0 Å². The topological polar surface area (TPSA) is 38.7 Å². The van der Waals surface area contributed by atoms with Crippen molar-refractivity contribution in [3.8, 4) is 0 Å². The van der Waals surface area contributed by atoms with E-state index in [1.807, 2.05) is 26.0 Å². The summed E-state index contributed by atoms with van der Waals surface area (Å²) in [6.45, 7) is 3.73. The number of rotatable bonds is 0. The van der Waals surface area contributed by atoms with Crippen LogP contribution in [0.2, 0.25) is 0 Å². The number of hydrogen-bond donors (Lipinski definition) is 1. The number of aliphatic hydroxyl groups is 1. The van der Waals surface area contributed by atoms with E-state index in [1.54, 1.807) is 0 Å². The van der Waals surface area contributed by atoms with Gasteiger partial charge < -0.3 is 14.6 Å². The van der Waals surface area contributed by atoms with E-state index in [0.717, 1.165) is 0 Å². The second-order valence-corrected chi connectivity index (χ2v) is 3.80. The molecular formula is C9H14O3. The van der Waals surface area contributed by atoms with Crippen LogP contribution >= 0.6 is 0 Å². The molecule has 0 aromatic rings. The van der Waals surface area contributed by atoms with Crippen molar-refractivity contribution in [1.82, 2.24) is 0 Å². The second-order valence-electron chi connectivity index (χ2n) is 3.80. The Labute approximate surface area is 72.0 Å². The van der Waals surface area contributed by atoms with Gasteiger partial charge in [0.05, 0.1) is 6.10 Å². The third kappa shape index (κ3) is 1.28. The van der Waals surface area contributed by atoms with Gasteiger partial charge in [-0.1, -0.05) is 12.2 Å². The largest absolute Gasteiger partial charge is 0.390 e. The maximum absolute atomic E-state index is 9.56. The van der Waals surface area contributed by atoms with Gasteiger partial charge in [-0.25, -0.2) is 0 Å². The molecule has 1 aliphatic heterocycles. The van der Waals surface area contributed by atoms with E-state index in [1.165, 1.54) is 0 Å². The van der Waals surface area contributed by atoms with Gasteiger partial charge in [0, 0.05) is 0 Å². The zero-order valence-corrected chi connectivity index (χ0v) is 7.36. The first-order valence-electron chi connectivity index (χ1n) is 4.29. The van der Waals surface area contributed by atoms with E-state index >= 15 is 0 Å². The average Bonchev–Trinajstić information content (AvgIpc) is 2.25. The summed E-state index contributed by atoms with van der Waals surface area (Å²) in [5.74, 6) is -0.551. The van der Waals surface area contributed by atoms with Crippen LogP contribution in [-0.4, -0.2) is 29.2 Å². The van der Waals surface area contributed by atoms with Gasteiger partial charge in [-0.2, -0.15) is 0 Å². The molecule has 2 rings (SSSR count). The molecular weight excluding hydrogens is 156 g/mol. The predicted octanol–water partition coefficient (Wildman–Crippen LogP) is 0.827. The highest BCUT2D eigenvalue weighted by Gasteiger charge is 2.44. The van der Waals surface area contributed by atoms with Crippen LogP contribution in [0.25, 0.3) is 0 Å². The predicted molar refractivity (Wildman–Crippen MR) is 43.6 cm³/mol. The van der Waals surface area contributed by atoms with Crippen LogP contribution in [-0.2, 0) is 9.47 Å². The van der Waals surface area contributed by atoms with Gasteiger partial charge in [0.1, 0.15) is 12.2 Å². The Morgan fingerprint density at radius 3 is 2.83 bits per heavy atom. The lowest BCUT2D eigenvalue weighted by Gasteiger charge is -2.22. The van der Waals surface area contributed by atoms with Crippen molar-refractivity contribution in [3.05, 3.63) is 12.2 Å². The lowest BCUT2D eigenvalue weighted by Crippen LogP contribution is -2.36. The Morgan fingerprint density at radius 2 is 2.17 bits per heavy atom. The SMILES string of the molecule is CC1(C)O[C@@H]2C=CCC(O)[C@@H]2O1. The summed E-state index contributed by atoms with van der Waals surface area (Å²) in [5, 5.41) is 9.56. The first-order chi connectivity index (χ1) is 5.58. The Bertz CT molecular complexity index is 210. The summed E-state index contributed by atoms with van der Waals surface area (Å²) >= 11 is 0. The summed E-state index contributed by atoms with van der Waals surface area (Å²) in [6.07, 6.45) is 3.92. The molecule has 0 aromatic carbocycles. The molecule has 2 aliphatic rings. The fourth-order valence-corrected chi connectivity index (χ4v) is 1.75. The molecule has 1 unspecified atom stereocenters. The summed E-state index contributed by atoms with van der Waals surface area (Å²) in [6, 6.07) is 0. The molecule has 3 atom stereocenters. The van der Waals surface area contributed by atoms with E-state index in [2.05, 4.69) is 0 Å². The van der Waals surface area contributed by atoms with E-state index in [-0.39, 0.29) is 12.2 Å². The van der Waals surface area contributed by atoms with E-state index in [9.17, 15) is 5.11 Å². The quantitative estimate of drug-likeness (QED) is 0.547. The molecule has 0 radical (unpaired) electrons. The maximum Gasteiger partial charge on any atom is 0.164 e. The fraction of sp³-hybridized carbons (Fsp3) is 0.778. The van der Waals surface area contributed by atoms with Crippen LogP contribution in [0.4, 0.5) is 0 Å². The molecule has 3 nitrogen and oxygen atoms in total. The van der Waals surface area contributed by atoms with Crippen molar-refractivity contribution in [2.75, 3.05) is 0 Å². The van der Waals surface area contributed by atoms with Gasteiger partial charge in [0.15, 0.2) is 5.79 Å². The fourth-order valence-electron chi connectivity index (χ4n) is 1.75. The lowest BCUT2D eigenvalue weighted by molar-refractivity contribution is -0.152. The molecule has 1 heterocycles. The van der Waals surface area contributed by atoms with Crippen LogP contribution in [0, 0.1) is 0 Å². The van der Waals surface area contributed by atoms with Gasteiger partial charge in [-0.05, 0) is 20.3 Å². The van der Waals surface area contributed by atoms with E-state index in [4.69, 9.17) is 9.47 Å². The Hall–Kier alpha value is -0.380. The Morgan fingerprint density at radius 1 is 1.42 bits per heavy atom. The van der Waals surface area contributed by atoms with E-state index < -0.39 is 11.9 Å². The summed E-state index contributed by atoms with van der Waals surface area (Å²) in [7, 11) is 0. The average molecular weight is 170 g/mol. The molecule has 0 amide bonds. The van der Waals surface area contributed by atoms with Crippen molar-refractivity contribution in [2.45, 2.75) is 44.4 Å². The number of hydrogen-bond acceptors (Lipinski definition) is 3. The maximum atomic E-state index is 9.56. The summed E-state index contributed by atoms with van der Waals surface area (Å²) in [5.41, 5.74) is 0. The lowest BCUT2D eigenvalue weighted by atomic mass is 9.99. The van der Waals surface area contributed by atoms with Gasteiger partial charge in [0.2, 0.25) is 0 Å². The van der Waals surface area contributed by atoms with Gasteiger partial charge >= 0.3 is 0 Å². The van der Waals surface area contributed by atoms with Crippen molar-refractivity contribution in [2.24, 2.45) is 0 Å². The van der Waals surface area contributed by atoms with Crippen LogP contribution < -0.4 is 0 Å². The molecule has 0 bridgehead atoms. The number of aliphatic hydroxyl groups excluding tert-OH is 1. The van der Waals surface area contributed by atoms with Gasteiger partial charge in [-0.15, -0.1) is 0 Å². The molecule has 0 aromatic heterocycles. The van der Waals surface area contributed by atoms with Crippen molar-refractivity contribution < 1.29 is 14.6 Å². The molecule has 68 valence electrons. The standard InChI is InChI=1S/C9H14O3/c1-9(2)11-7-5-3-4-6(10)8(7)12-9/h3,5-8,10H,4H2,1-2H3/t6?,7-,8+/m1/s1. The van der Waals surface area contributed by atoms with Crippen molar-refractivity contribution in [3.63, 3.8) is 0 Å². The zero-order chi connectivity index (χ0) is 8.77. The zero-order valence-electron chi connectivity index (χ0n) is 7.36. The van der Waals surface area contributed by atoms with Crippen LogP contribution in [0.15, 0.2) is 12.2 Å². The highest BCUT2D eigenvalue weighted by Crippen LogP contribution is 2.33. The van der Waals surface area contributed by atoms with Crippen molar-refractivity contribution >= 4 is 0 Å². The molecule has 12 heavy (non-hydrogen) atoms. The van der Waals surface area contributed by atoms with Crippen LogP contribution in [0.1, 0.15) is 20.3 Å². The van der Waals surface area contributed by atoms with Crippen molar-refractivity contribution in [1.29, 1.82) is 0 Å². The van der Waals surface area contributed by atoms with Crippen LogP contribution in [0.5, 0.6) is 0 Å². The molecule has 1 N–H and O–H groups in total. The third-order valence-corrected chi connectivity index (χ3v) is 2.25. The molecule has 0 spiro atoms. The normalized spacial score (nSPS) is 44.4. The Kier molecular flexibility index (Phi) is 1.75. The highest BCUT2D eigenvalue weighted by atomic mass is 16.8. The molecule has 1 fully saturated rings. The first-order valence-corrected chi connectivity index (χ1v) is 4.29. The molecule has 1 saturated heterocycles.